The van der Waals surface area contributed by atoms with Crippen molar-refractivity contribution in [1.29, 1.82) is 0 Å². The second-order valence-corrected chi connectivity index (χ2v) is 0.612. The number of rotatable bonds is 0. The van der Waals surface area contributed by atoms with Crippen LogP contribution in [0.2, 0.25) is 0 Å². The van der Waals surface area contributed by atoms with Gasteiger partial charge in [-0.15, -0.1) is 11.4 Å². The van der Waals surface area contributed by atoms with Gasteiger partial charge in [-0.2, -0.15) is 0 Å². The largest absolute Gasteiger partial charge is 1.00 e. The summed E-state index contributed by atoms with van der Waals surface area (Å²) in [4.78, 5) is 0. The molecule has 0 aliphatic rings. The van der Waals surface area contributed by atoms with Gasteiger partial charge < -0.3 is 10.5 Å². The third kappa shape index (κ3) is 36.4. The fourth-order valence-corrected chi connectivity index (χ4v) is 0. The zero-order chi connectivity index (χ0) is 3.58. The van der Waals surface area contributed by atoms with Crippen LogP contribution < -0.4 is 59.1 Å². The van der Waals surface area contributed by atoms with E-state index in [1.165, 1.54) is 0 Å². The molecule has 0 unspecified atom stereocenters. The van der Waals surface area contributed by atoms with Gasteiger partial charge in [0.05, 0.1) is 0 Å². The Morgan fingerprint density at radius 2 is 1.50 bits per heavy atom. The third-order valence-electron chi connectivity index (χ3n) is 0. The summed E-state index contributed by atoms with van der Waals surface area (Å²) in [5.41, 5.74) is 0. The standard InChI is InChI=1S/2Na.H2O3S.H/c;;1-4(2)3;/h;;(H2,1,2,3);/q2*+1;;-1/p-1. The number of hydrogen-bond acceptors (Lipinski definition) is 3. The van der Waals surface area contributed by atoms with Gasteiger partial charge in [-0.25, -0.2) is 0 Å². The van der Waals surface area contributed by atoms with Gasteiger partial charge in [0.1, 0.15) is 0 Å². The molecule has 0 rings (SSSR count). The topological polar surface area (TPSA) is 63.2 Å². The fourth-order valence-electron chi connectivity index (χ4n) is 0. The third-order valence-corrected chi connectivity index (χ3v) is 0. The van der Waals surface area contributed by atoms with E-state index in [2.05, 4.69) is 0 Å². The van der Waals surface area contributed by atoms with Gasteiger partial charge >= 0.3 is 60.5 Å². The Hall–Kier alpha value is 2.07. The maximum atomic E-state index is 8.44. The molecule has 0 aromatic heterocycles. The van der Waals surface area contributed by atoms with Crippen molar-refractivity contribution in [3.63, 3.8) is 0 Å². The van der Waals surface area contributed by atoms with Crippen molar-refractivity contribution in [1.82, 2.24) is 0 Å². The van der Waals surface area contributed by atoms with Gasteiger partial charge in [0.15, 0.2) is 0 Å². The van der Waals surface area contributed by atoms with Gasteiger partial charge in [-0.1, -0.05) is 0 Å². The molecule has 0 aliphatic heterocycles. The van der Waals surface area contributed by atoms with Crippen molar-refractivity contribution in [2.24, 2.45) is 0 Å². The van der Waals surface area contributed by atoms with Crippen LogP contribution in [0.25, 0.3) is 0 Å². The summed E-state index contributed by atoms with van der Waals surface area (Å²) in [6.45, 7) is 0. The molecule has 28 valence electrons. The van der Waals surface area contributed by atoms with E-state index >= 15 is 0 Å². The van der Waals surface area contributed by atoms with Crippen molar-refractivity contribution in [2.45, 2.75) is 0 Å². The summed E-state index contributed by atoms with van der Waals surface area (Å²) in [6.07, 6.45) is 0. The first-order chi connectivity index (χ1) is 1.73. The first-order valence-electron chi connectivity index (χ1n) is 0.500. The minimum Gasteiger partial charge on any atom is -1.00 e. The molecule has 0 spiro atoms. The van der Waals surface area contributed by atoms with E-state index in [0.29, 0.717) is 0 Å². The monoisotopic (exact) mass is 128 g/mol. The molecule has 0 aromatic rings. The molecular formula is H2Na2O3S. The normalized spacial score (nSPS) is 5.83. The van der Waals surface area contributed by atoms with Gasteiger partial charge in [-0.05, 0) is 0 Å². The molecule has 0 heterocycles. The van der Waals surface area contributed by atoms with Crippen LogP contribution in [0.3, 0.4) is 0 Å². The van der Waals surface area contributed by atoms with E-state index in [4.69, 9.17) is 13.3 Å². The molecule has 3 nitrogen and oxygen atoms in total. The van der Waals surface area contributed by atoms with Crippen molar-refractivity contribution in [2.75, 3.05) is 0 Å². The maximum absolute atomic E-state index is 8.44. The van der Waals surface area contributed by atoms with E-state index in [1.807, 2.05) is 0 Å². The van der Waals surface area contributed by atoms with Crippen LogP contribution in [-0.2, 0) is 11.4 Å². The Balaban J connectivity index is -0.00000000750. The molecular weight excluding hydrogens is 126 g/mol. The van der Waals surface area contributed by atoms with Gasteiger partial charge in [0.25, 0.3) is 0 Å². The van der Waals surface area contributed by atoms with E-state index in [1.54, 1.807) is 0 Å². The Bertz CT molecular complexity index is 38.3. The first-order valence-corrected chi connectivity index (χ1v) is 1.50. The van der Waals surface area contributed by atoms with Crippen LogP contribution in [-0.4, -0.2) is 13.3 Å². The molecule has 0 amide bonds. The van der Waals surface area contributed by atoms with Crippen LogP contribution in [0.15, 0.2) is 0 Å². The van der Waals surface area contributed by atoms with Crippen LogP contribution in [0.5, 0.6) is 0 Å². The molecule has 0 saturated carbocycles. The SMILES string of the molecule is O=S([O-])[O-].[H+].[H-].[Na+].[Na+]. The average molecular weight is 128 g/mol. The van der Waals surface area contributed by atoms with E-state index < -0.39 is 11.4 Å². The summed E-state index contributed by atoms with van der Waals surface area (Å²) < 4.78 is 25.3. The molecule has 0 aliphatic carbocycles. The van der Waals surface area contributed by atoms with Crippen LogP contribution in [0.4, 0.5) is 0 Å². The first kappa shape index (κ1) is 15.7. The molecule has 0 aromatic carbocycles. The predicted octanol–water partition coefficient (Wildman–Crippen LogP) is -6.77. The van der Waals surface area contributed by atoms with Crippen molar-refractivity contribution < 1.29 is 75.3 Å². The zero-order valence-corrected chi connectivity index (χ0v) is 8.45. The summed E-state index contributed by atoms with van der Waals surface area (Å²) in [5.74, 6) is 0. The second kappa shape index (κ2) is 10.1. The second-order valence-electron chi connectivity index (χ2n) is 0.204. The molecule has 0 bridgehead atoms. The van der Waals surface area contributed by atoms with E-state index in [9.17, 15) is 0 Å². The Labute approximate surface area is 85.6 Å². The van der Waals surface area contributed by atoms with E-state index in [0.717, 1.165) is 0 Å². The van der Waals surface area contributed by atoms with Crippen molar-refractivity contribution >= 4 is 11.4 Å². The van der Waals surface area contributed by atoms with Gasteiger partial charge in [0.2, 0.25) is 0 Å². The Morgan fingerprint density at radius 1 is 1.50 bits per heavy atom. The molecule has 0 radical (unpaired) electrons. The summed E-state index contributed by atoms with van der Waals surface area (Å²) in [7, 11) is 0. The molecule has 6 heteroatoms. The number of hydrogen-bond donors (Lipinski definition) is 0. The smallest absolute Gasteiger partial charge is 1.00 e. The van der Waals surface area contributed by atoms with Crippen LogP contribution in [0, 0.1) is 0 Å². The average Bonchev–Trinajstić information content (AvgIpc) is 0.811. The molecule has 0 atom stereocenters. The Morgan fingerprint density at radius 3 is 1.50 bits per heavy atom. The summed E-state index contributed by atoms with van der Waals surface area (Å²) >= 11 is -3.11. The van der Waals surface area contributed by atoms with Crippen molar-refractivity contribution in [3.8, 4) is 0 Å². The predicted molar refractivity (Wildman–Crippen MR) is 11.9 cm³/mol. The minimum atomic E-state index is -3.11. The van der Waals surface area contributed by atoms with E-state index in [-0.39, 0.29) is 62.0 Å². The van der Waals surface area contributed by atoms with Gasteiger partial charge in [-0.3, -0.25) is 4.21 Å². The zero-order valence-electron chi connectivity index (χ0n) is 5.63. The van der Waals surface area contributed by atoms with Crippen molar-refractivity contribution in [3.05, 3.63) is 0 Å². The minimum absolute atomic E-state index is 0. The van der Waals surface area contributed by atoms with Gasteiger partial charge in [0, 0.05) is 0 Å². The summed E-state index contributed by atoms with van der Waals surface area (Å²) in [5, 5.41) is 0. The molecule has 6 heavy (non-hydrogen) atoms. The molecule has 0 fully saturated rings. The van der Waals surface area contributed by atoms with Crippen LogP contribution in [0.1, 0.15) is 2.85 Å². The molecule has 0 N–H and O–H groups in total. The summed E-state index contributed by atoms with van der Waals surface area (Å²) in [6, 6.07) is 0. The quantitative estimate of drug-likeness (QED) is 0.240. The molecule has 0 saturated heterocycles. The fraction of sp³-hybridized carbons (Fsp3) is 0. The maximum Gasteiger partial charge on any atom is 1.00 e. The Kier molecular flexibility index (Phi) is 26.5. The van der Waals surface area contributed by atoms with Crippen LogP contribution >= 0.6 is 0 Å².